The summed E-state index contributed by atoms with van der Waals surface area (Å²) in [4.78, 5) is 13.7. The average molecular weight is 366 g/mol. The molecule has 0 spiro atoms. The quantitative estimate of drug-likeness (QED) is 0.787. The van der Waals surface area contributed by atoms with Crippen LogP contribution in [-0.2, 0) is 4.79 Å². The number of rotatable bonds is 6. The Hall–Kier alpha value is -0.850. The number of hydrogen-bond donors (Lipinski definition) is 1. The van der Waals surface area contributed by atoms with Crippen LogP contribution in [0.15, 0.2) is 22.7 Å². The van der Waals surface area contributed by atoms with Crippen LogP contribution in [0.3, 0.4) is 0 Å². The topological polar surface area (TPSA) is 55.6 Å². The molecule has 2 N–H and O–H groups in total. The van der Waals surface area contributed by atoms with Crippen LogP contribution in [0.2, 0.25) is 5.02 Å². The number of carbonyl (C=O) groups is 1. The van der Waals surface area contributed by atoms with Crippen molar-refractivity contribution in [1.29, 1.82) is 0 Å². The molecule has 0 fully saturated rings. The molecule has 0 bridgehead atoms. The maximum Gasteiger partial charge on any atom is 0.260 e. The van der Waals surface area contributed by atoms with E-state index in [2.05, 4.69) is 15.9 Å². The van der Waals surface area contributed by atoms with Gasteiger partial charge in [-0.15, -0.1) is 0 Å². The minimum Gasteiger partial charge on any atom is -0.482 e. The molecule has 0 heterocycles. The number of halogens is 2. The van der Waals surface area contributed by atoms with Gasteiger partial charge in [0.05, 0.1) is 10.0 Å². The summed E-state index contributed by atoms with van der Waals surface area (Å²) in [7, 11) is 1.67. The van der Waals surface area contributed by atoms with E-state index in [0.29, 0.717) is 28.7 Å². The van der Waals surface area contributed by atoms with Gasteiger partial charge in [0.25, 0.3) is 5.91 Å². The molecule has 0 aromatic heterocycles. The van der Waals surface area contributed by atoms with E-state index >= 15 is 0 Å². The molecule has 0 saturated carbocycles. The van der Waals surface area contributed by atoms with Crippen molar-refractivity contribution in [3.63, 3.8) is 0 Å². The summed E-state index contributed by atoms with van der Waals surface area (Å²) >= 11 is 14.0. The van der Waals surface area contributed by atoms with E-state index in [4.69, 9.17) is 34.3 Å². The Morgan fingerprint density at radius 1 is 1.58 bits per heavy atom. The lowest BCUT2D eigenvalue weighted by molar-refractivity contribution is -0.131. The first-order valence-electron chi connectivity index (χ1n) is 5.50. The first-order chi connectivity index (χ1) is 8.90. The molecule has 104 valence electrons. The summed E-state index contributed by atoms with van der Waals surface area (Å²) < 4.78 is 6.22. The number of hydrogen-bond acceptors (Lipinski definition) is 3. The molecule has 0 aliphatic heterocycles. The summed E-state index contributed by atoms with van der Waals surface area (Å²) in [6, 6.07) is 5.21. The van der Waals surface area contributed by atoms with Crippen LogP contribution in [0.1, 0.15) is 6.42 Å². The van der Waals surface area contributed by atoms with Gasteiger partial charge in [0, 0.05) is 24.5 Å². The lowest BCUT2D eigenvalue weighted by atomic mass is 10.3. The average Bonchev–Trinajstić information content (AvgIpc) is 2.36. The predicted molar refractivity (Wildman–Crippen MR) is 83.7 cm³/mol. The van der Waals surface area contributed by atoms with Gasteiger partial charge in [-0.25, -0.2) is 0 Å². The molecular formula is C12H14BrClN2O2S. The van der Waals surface area contributed by atoms with Crippen LogP contribution in [0.5, 0.6) is 5.75 Å². The van der Waals surface area contributed by atoms with Crippen LogP contribution in [0.25, 0.3) is 0 Å². The van der Waals surface area contributed by atoms with E-state index in [9.17, 15) is 4.79 Å². The van der Waals surface area contributed by atoms with E-state index in [1.165, 1.54) is 4.90 Å². The number of thiocarbonyl (C=S) groups is 1. The van der Waals surface area contributed by atoms with Gasteiger partial charge < -0.3 is 15.4 Å². The van der Waals surface area contributed by atoms with Gasteiger partial charge in [0.1, 0.15) is 5.75 Å². The van der Waals surface area contributed by atoms with Gasteiger partial charge in [0.15, 0.2) is 6.61 Å². The van der Waals surface area contributed by atoms with Gasteiger partial charge in [-0.1, -0.05) is 39.7 Å². The third kappa shape index (κ3) is 5.76. The zero-order valence-corrected chi connectivity index (χ0v) is 13.5. The summed E-state index contributed by atoms with van der Waals surface area (Å²) in [6.45, 7) is 0.397. The molecule has 0 unspecified atom stereocenters. The summed E-state index contributed by atoms with van der Waals surface area (Å²) in [6.07, 6.45) is 0.495. The van der Waals surface area contributed by atoms with E-state index in [1.54, 1.807) is 25.2 Å². The summed E-state index contributed by atoms with van der Waals surface area (Å²) in [5.74, 6) is 0.305. The molecule has 0 radical (unpaired) electrons. The zero-order chi connectivity index (χ0) is 14.4. The third-order valence-corrected chi connectivity index (χ3v) is 3.37. The highest BCUT2D eigenvalue weighted by atomic mass is 79.9. The minimum atomic E-state index is -0.160. The first-order valence-corrected chi connectivity index (χ1v) is 7.08. The molecule has 7 heteroatoms. The molecule has 0 aliphatic rings. The second-order valence-electron chi connectivity index (χ2n) is 3.90. The van der Waals surface area contributed by atoms with E-state index < -0.39 is 0 Å². The Bertz CT molecular complexity index is 485. The normalized spacial score (nSPS) is 10.1. The molecule has 1 rings (SSSR count). The Labute approximate surface area is 131 Å². The molecule has 1 aromatic carbocycles. The number of benzene rings is 1. The van der Waals surface area contributed by atoms with Gasteiger partial charge in [-0.3, -0.25) is 4.79 Å². The highest BCUT2D eigenvalue weighted by Gasteiger charge is 2.11. The van der Waals surface area contributed by atoms with E-state index in [-0.39, 0.29) is 12.5 Å². The van der Waals surface area contributed by atoms with E-state index in [1.807, 2.05) is 0 Å². The van der Waals surface area contributed by atoms with Crippen molar-refractivity contribution in [1.82, 2.24) is 4.90 Å². The fourth-order valence-electron chi connectivity index (χ4n) is 1.24. The maximum atomic E-state index is 11.8. The smallest absolute Gasteiger partial charge is 0.260 e. The number of carbonyl (C=O) groups excluding carboxylic acids is 1. The number of likely N-dealkylation sites (N-methyl/N-ethyl adjacent to an activating group) is 1. The number of nitrogens with zero attached hydrogens (tertiary/aromatic N) is 1. The van der Waals surface area contributed by atoms with Gasteiger partial charge in [0.2, 0.25) is 0 Å². The van der Waals surface area contributed by atoms with Crippen molar-refractivity contribution in [2.45, 2.75) is 6.42 Å². The van der Waals surface area contributed by atoms with E-state index in [0.717, 1.165) is 4.47 Å². The second kappa shape index (κ2) is 7.67. The van der Waals surface area contributed by atoms with Crippen LogP contribution in [-0.4, -0.2) is 36.0 Å². The summed E-state index contributed by atoms with van der Waals surface area (Å²) in [5, 5.41) is 0.460. The van der Waals surface area contributed by atoms with Crippen molar-refractivity contribution in [3.05, 3.63) is 27.7 Å². The maximum absolute atomic E-state index is 11.8. The molecule has 0 atom stereocenters. The van der Waals surface area contributed by atoms with Crippen molar-refractivity contribution in [2.75, 3.05) is 20.2 Å². The lowest BCUT2D eigenvalue weighted by Gasteiger charge is -2.17. The standard InChI is InChI=1S/C12H14BrClN2O2S/c1-16(5-4-11(15)19)12(17)7-18-10-6-8(13)2-3-9(10)14/h2-3,6H,4-5,7H2,1H3,(H2,15,19). The van der Waals surface area contributed by atoms with Gasteiger partial charge in [-0.05, 0) is 18.2 Å². The highest BCUT2D eigenvalue weighted by Crippen LogP contribution is 2.27. The van der Waals surface area contributed by atoms with Crippen LogP contribution >= 0.6 is 39.7 Å². The van der Waals surface area contributed by atoms with Crippen molar-refractivity contribution in [3.8, 4) is 5.75 Å². The first kappa shape index (κ1) is 16.2. The van der Waals surface area contributed by atoms with Crippen LogP contribution < -0.4 is 10.5 Å². The van der Waals surface area contributed by atoms with Crippen molar-refractivity contribution in [2.24, 2.45) is 5.73 Å². The second-order valence-corrected chi connectivity index (χ2v) is 5.74. The predicted octanol–water partition coefficient (Wildman–Crippen LogP) is 2.62. The third-order valence-electron chi connectivity index (χ3n) is 2.36. The van der Waals surface area contributed by atoms with Crippen molar-refractivity contribution >= 4 is 50.6 Å². The van der Waals surface area contributed by atoms with Crippen molar-refractivity contribution < 1.29 is 9.53 Å². The Morgan fingerprint density at radius 3 is 2.89 bits per heavy atom. The molecule has 0 aliphatic carbocycles. The minimum absolute atomic E-state index is 0.0794. The molecule has 1 aromatic rings. The molecule has 19 heavy (non-hydrogen) atoms. The molecule has 4 nitrogen and oxygen atoms in total. The Balaban J connectivity index is 2.49. The van der Waals surface area contributed by atoms with Crippen LogP contribution in [0, 0.1) is 0 Å². The SMILES string of the molecule is CN(CCC(N)=S)C(=O)COc1cc(Br)ccc1Cl. The fraction of sp³-hybridized carbons (Fsp3) is 0.333. The monoisotopic (exact) mass is 364 g/mol. The fourth-order valence-corrected chi connectivity index (χ4v) is 1.84. The van der Waals surface area contributed by atoms with Gasteiger partial charge >= 0.3 is 0 Å². The lowest BCUT2D eigenvalue weighted by Crippen LogP contribution is -2.33. The van der Waals surface area contributed by atoms with Gasteiger partial charge in [-0.2, -0.15) is 0 Å². The zero-order valence-electron chi connectivity index (χ0n) is 10.4. The number of nitrogens with two attached hydrogens (primary N) is 1. The Morgan fingerprint density at radius 2 is 2.26 bits per heavy atom. The molecule has 1 amide bonds. The highest BCUT2D eigenvalue weighted by molar-refractivity contribution is 9.10. The van der Waals surface area contributed by atoms with Crippen LogP contribution in [0.4, 0.5) is 0 Å². The largest absolute Gasteiger partial charge is 0.482 e. The molecular weight excluding hydrogens is 352 g/mol. The summed E-state index contributed by atoms with van der Waals surface area (Å²) in [5.41, 5.74) is 5.38. The number of amides is 1. The number of ether oxygens (including phenoxy) is 1. The molecule has 0 saturated heterocycles. The Kier molecular flexibility index (Phi) is 6.54.